The molecule has 3 aromatic heterocycles. The van der Waals surface area contributed by atoms with Crippen molar-refractivity contribution in [1.82, 2.24) is 19.5 Å². The molecule has 0 atom stereocenters. The van der Waals surface area contributed by atoms with Crippen LogP contribution in [0.3, 0.4) is 0 Å². The molecule has 5 aromatic carbocycles. The Morgan fingerprint density at radius 1 is 0.625 bits per heavy atom. The zero-order valence-electron chi connectivity index (χ0n) is 27.9. The summed E-state index contributed by atoms with van der Waals surface area (Å²) in [6.45, 7) is 13.5. The number of nitrogens with zero attached hydrogens (tertiary/aromatic N) is 4. The second-order valence-corrected chi connectivity index (χ2v) is 14.6. The van der Waals surface area contributed by atoms with Crippen molar-refractivity contribution in [3.63, 3.8) is 0 Å². The second-order valence-electron chi connectivity index (χ2n) is 14.6. The van der Waals surface area contributed by atoms with E-state index in [4.69, 9.17) is 15.0 Å². The molecule has 0 radical (unpaired) electrons. The van der Waals surface area contributed by atoms with Crippen molar-refractivity contribution in [1.29, 1.82) is 0 Å². The minimum Gasteiger partial charge on any atom is -0.656 e. The number of aromatic hydroxyl groups is 1. The van der Waals surface area contributed by atoms with Gasteiger partial charge in [-0.2, -0.15) is 0 Å². The maximum atomic E-state index is 10.6. The third-order valence-corrected chi connectivity index (χ3v) is 9.28. The van der Waals surface area contributed by atoms with Crippen LogP contribution >= 0.6 is 0 Å². The zero-order valence-corrected chi connectivity index (χ0v) is 30.2. The van der Waals surface area contributed by atoms with E-state index in [1.165, 1.54) is 16.5 Å². The first kappa shape index (κ1) is 31.8. The molecule has 48 heavy (non-hydrogen) atoms. The summed E-state index contributed by atoms with van der Waals surface area (Å²) in [5.41, 5.74) is 10.5. The summed E-state index contributed by atoms with van der Waals surface area (Å²) < 4.78 is 2.25. The number of hydrogen-bond acceptors (Lipinski definition) is 3. The SMILES string of the molecule is CC(C)(C)c1ccc2[n-]c3c(-c4nc5c(-c6ccc7cccc(O)c7n6)cccc5n4-c4ccccc4)cc(C(C)(C)C)cc3c2c1.[Pt]. The molecule has 0 saturated heterocycles. The van der Waals surface area contributed by atoms with Crippen molar-refractivity contribution in [2.45, 2.75) is 52.4 Å². The molecule has 0 aliphatic carbocycles. The van der Waals surface area contributed by atoms with Crippen molar-refractivity contribution >= 4 is 43.7 Å². The van der Waals surface area contributed by atoms with Crippen LogP contribution in [-0.4, -0.2) is 19.6 Å². The van der Waals surface area contributed by atoms with Crippen LogP contribution in [0.2, 0.25) is 0 Å². The van der Waals surface area contributed by atoms with Gasteiger partial charge in [0.15, 0.2) is 0 Å². The van der Waals surface area contributed by atoms with Crippen LogP contribution in [0.25, 0.3) is 72.1 Å². The van der Waals surface area contributed by atoms with Crippen LogP contribution in [0.4, 0.5) is 0 Å². The quantitative estimate of drug-likeness (QED) is 0.193. The van der Waals surface area contributed by atoms with Crippen molar-refractivity contribution in [3.8, 4) is 34.1 Å². The second kappa shape index (κ2) is 11.5. The van der Waals surface area contributed by atoms with Gasteiger partial charge in [0.05, 0.1) is 16.7 Å². The Labute approximate surface area is 294 Å². The number of phenols is 1. The van der Waals surface area contributed by atoms with E-state index in [0.717, 1.165) is 61.2 Å². The number of aromatic nitrogens is 4. The molecule has 0 aliphatic heterocycles. The van der Waals surface area contributed by atoms with Gasteiger partial charge in [-0.3, -0.25) is 4.57 Å². The number of phenolic OH excluding ortho intramolecular Hbond substituents is 1. The largest absolute Gasteiger partial charge is 0.656 e. The van der Waals surface area contributed by atoms with Gasteiger partial charge in [0.1, 0.15) is 17.1 Å². The summed E-state index contributed by atoms with van der Waals surface area (Å²) in [7, 11) is 0. The average molecular weight is 809 g/mol. The molecule has 0 amide bonds. The third kappa shape index (κ3) is 5.22. The molecule has 0 unspecified atom stereocenters. The van der Waals surface area contributed by atoms with Crippen LogP contribution in [0, 0.1) is 0 Å². The van der Waals surface area contributed by atoms with Crippen molar-refractivity contribution in [2.24, 2.45) is 0 Å². The van der Waals surface area contributed by atoms with Gasteiger partial charge in [-0.05, 0) is 69.1 Å². The van der Waals surface area contributed by atoms with E-state index in [0.29, 0.717) is 5.52 Å². The van der Waals surface area contributed by atoms with Gasteiger partial charge < -0.3 is 10.1 Å². The standard InChI is InChI=1S/C42H37N4O.Pt/c1-41(2,3)26-19-21-34-30(22-26)31-23-27(42(4,5)6)24-32(38(31)44-34)40-45-39-29(33-20-18-25-12-10-17-36(47)37(25)43-33)15-11-16-35(39)46(40)28-13-8-7-9-14-28;/h7-24H,1-6H3,(H-,43,44,45,47);/q-1;. The Hall–Kier alpha value is -4.73. The molecule has 0 bridgehead atoms. The van der Waals surface area contributed by atoms with Gasteiger partial charge in [0.25, 0.3) is 0 Å². The molecule has 5 nitrogen and oxygen atoms in total. The number of rotatable bonds is 3. The first-order chi connectivity index (χ1) is 22.5. The first-order valence-corrected chi connectivity index (χ1v) is 16.2. The van der Waals surface area contributed by atoms with Gasteiger partial charge in [0.2, 0.25) is 0 Å². The Kier molecular flexibility index (Phi) is 7.60. The van der Waals surface area contributed by atoms with E-state index in [1.54, 1.807) is 6.07 Å². The van der Waals surface area contributed by atoms with Gasteiger partial charge >= 0.3 is 0 Å². The number of fused-ring (bicyclic) bond motifs is 5. The molecule has 8 rings (SSSR count). The summed E-state index contributed by atoms with van der Waals surface area (Å²) >= 11 is 0. The minimum absolute atomic E-state index is 0. The van der Waals surface area contributed by atoms with Crippen molar-refractivity contribution in [2.75, 3.05) is 0 Å². The summed E-state index contributed by atoms with van der Waals surface area (Å²) in [6.07, 6.45) is 0. The number of hydrogen-bond donors (Lipinski definition) is 1. The Bertz CT molecular complexity index is 2490. The fraction of sp³-hybridized carbons (Fsp3) is 0.190. The van der Waals surface area contributed by atoms with Crippen LogP contribution in [0.1, 0.15) is 52.7 Å². The van der Waals surface area contributed by atoms with Crippen LogP contribution < -0.4 is 4.98 Å². The topological polar surface area (TPSA) is 65.0 Å². The molecule has 3 heterocycles. The van der Waals surface area contributed by atoms with Gasteiger partial charge in [-0.25, -0.2) is 9.97 Å². The predicted octanol–water partition coefficient (Wildman–Crippen LogP) is 10.5. The van der Waals surface area contributed by atoms with Gasteiger partial charge in [-0.1, -0.05) is 114 Å². The molecule has 0 fully saturated rings. The van der Waals surface area contributed by atoms with Crippen LogP contribution in [0.5, 0.6) is 5.75 Å². The maximum absolute atomic E-state index is 10.6. The molecule has 1 N–H and O–H groups in total. The molecule has 0 aliphatic rings. The van der Waals surface area contributed by atoms with E-state index in [1.807, 2.05) is 30.3 Å². The fourth-order valence-electron chi connectivity index (χ4n) is 6.61. The molecule has 8 aromatic rings. The average Bonchev–Trinajstić information content (AvgIpc) is 3.62. The normalized spacial score (nSPS) is 12.3. The Balaban J connectivity index is 0.00000364. The van der Waals surface area contributed by atoms with Crippen LogP contribution in [0.15, 0.2) is 109 Å². The minimum atomic E-state index is -0.0973. The molecule has 0 saturated carbocycles. The summed E-state index contributed by atoms with van der Waals surface area (Å²) in [5.74, 6) is 0.995. The van der Waals surface area contributed by atoms with E-state index in [-0.39, 0.29) is 37.6 Å². The molecular weight excluding hydrogens is 772 g/mol. The van der Waals surface area contributed by atoms with Crippen molar-refractivity contribution < 1.29 is 26.2 Å². The number of para-hydroxylation sites is 3. The van der Waals surface area contributed by atoms with E-state index >= 15 is 0 Å². The zero-order chi connectivity index (χ0) is 32.7. The summed E-state index contributed by atoms with van der Waals surface area (Å²) in [6, 6.07) is 37.4. The van der Waals surface area contributed by atoms with Crippen molar-refractivity contribution in [3.05, 3.63) is 120 Å². The monoisotopic (exact) mass is 808 g/mol. The Morgan fingerprint density at radius 2 is 1.35 bits per heavy atom. The summed E-state index contributed by atoms with van der Waals surface area (Å²) in [5, 5.41) is 13.8. The van der Waals surface area contributed by atoms with Crippen LogP contribution in [-0.2, 0) is 31.9 Å². The van der Waals surface area contributed by atoms with E-state index < -0.39 is 0 Å². The fourth-order valence-corrected chi connectivity index (χ4v) is 6.61. The third-order valence-electron chi connectivity index (χ3n) is 9.28. The summed E-state index contributed by atoms with van der Waals surface area (Å²) in [4.78, 5) is 15.7. The molecule has 6 heteroatoms. The number of imidazole rings is 1. The maximum Gasteiger partial charge on any atom is 0.144 e. The predicted molar refractivity (Wildman–Crippen MR) is 195 cm³/mol. The number of benzene rings is 5. The smallest absolute Gasteiger partial charge is 0.144 e. The number of pyridine rings is 1. The van der Waals surface area contributed by atoms with Gasteiger partial charge in [-0.15, -0.1) is 11.0 Å². The molecular formula is C42H37N4OPt-. The van der Waals surface area contributed by atoms with E-state index in [2.05, 4.69) is 119 Å². The molecule has 242 valence electrons. The Morgan fingerprint density at radius 3 is 2.10 bits per heavy atom. The van der Waals surface area contributed by atoms with Gasteiger partial charge in [0, 0.05) is 43.3 Å². The first-order valence-electron chi connectivity index (χ1n) is 16.2. The van der Waals surface area contributed by atoms with E-state index in [9.17, 15) is 5.11 Å². The molecule has 0 spiro atoms.